The Balaban J connectivity index is 2.00. The van der Waals surface area contributed by atoms with Crippen LogP contribution >= 0.6 is 11.3 Å². The predicted octanol–water partition coefficient (Wildman–Crippen LogP) is 2.83. The van der Waals surface area contributed by atoms with E-state index in [-0.39, 0.29) is 5.92 Å². The minimum Gasteiger partial charge on any atom is -0.210 e. The maximum absolute atomic E-state index is 11.9. The van der Waals surface area contributed by atoms with Crippen molar-refractivity contribution in [1.82, 2.24) is 4.72 Å². The molecule has 1 atom stereocenters. The van der Waals surface area contributed by atoms with Gasteiger partial charge in [-0.3, -0.25) is 0 Å². The Kier molecular flexibility index (Phi) is 4.16. The monoisotopic (exact) mass is 281 g/mol. The quantitative estimate of drug-likeness (QED) is 0.916. The molecule has 0 radical (unpaired) electrons. The fraction of sp³-hybridized carbons (Fsp3) is 0.231. The van der Waals surface area contributed by atoms with Crippen LogP contribution in [-0.4, -0.2) is 15.0 Å². The Morgan fingerprint density at radius 2 is 1.89 bits per heavy atom. The normalized spacial score (nSPS) is 13.4. The van der Waals surface area contributed by atoms with Crippen LogP contribution in [0, 0.1) is 0 Å². The van der Waals surface area contributed by atoms with Gasteiger partial charge in [0.05, 0.1) is 0 Å². The molecule has 2 rings (SSSR count). The van der Waals surface area contributed by atoms with Gasteiger partial charge < -0.3 is 0 Å². The van der Waals surface area contributed by atoms with E-state index in [0.717, 1.165) is 5.56 Å². The largest absolute Gasteiger partial charge is 0.250 e. The van der Waals surface area contributed by atoms with Gasteiger partial charge in [0.25, 0.3) is 0 Å². The molecule has 2 aromatic rings. The first-order valence-electron chi connectivity index (χ1n) is 5.68. The van der Waals surface area contributed by atoms with E-state index in [1.807, 2.05) is 37.3 Å². The first kappa shape index (κ1) is 13.3. The fourth-order valence-electron chi connectivity index (χ4n) is 1.62. The lowest BCUT2D eigenvalue weighted by atomic mass is 10.0. The van der Waals surface area contributed by atoms with Crippen molar-refractivity contribution in [2.75, 3.05) is 6.54 Å². The molecule has 0 amide bonds. The molecule has 1 aromatic carbocycles. The van der Waals surface area contributed by atoms with Crippen LogP contribution in [0.1, 0.15) is 18.4 Å². The van der Waals surface area contributed by atoms with Crippen LogP contribution in [0.2, 0.25) is 0 Å². The van der Waals surface area contributed by atoms with Crippen molar-refractivity contribution in [3.8, 4) is 0 Å². The van der Waals surface area contributed by atoms with Crippen molar-refractivity contribution in [2.24, 2.45) is 0 Å². The third kappa shape index (κ3) is 3.19. The Morgan fingerprint density at radius 1 is 1.17 bits per heavy atom. The Bertz CT molecular complexity index is 577. The minimum absolute atomic E-state index is 0.154. The van der Waals surface area contributed by atoms with Gasteiger partial charge in [0.15, 0.2) is 0 Å². The molecule has 1 N–H and O–H groups in total. The lowest BCUT2D eigenvalue weighted by Gasteiger charge is -2.12. The third-order valence-corrected chi connectivity index (χ3v) is 5.53. The van der Waals surface area contributed by atoms with Crippen LogP contribution in [0.3, 0.4) is 0 Å². The SMILES string of the molecule is C[C@@H](CNS(=O)(=O)c1cccs1)c1ccccc1. The Morgan fingerprint density at radius 3 is 2.50 bits per heavy atom. The van der Waals surface area contributed by atoms with Crippen LogP contribution in [-0.2, 0) is 10.0 Å². The highest BCUT2D eigenvalue weighted by molar-refractivity contribution is 7.91. The van der Waals surface area contributed by atoms with Crippen LogP contribution in [0.15, 0.2) is 52.1 Å². The number of hydrogen-bond donors (Lipinski definition) is 1. The highest BCUT2D eigenvalue weighted by atomic mass is 32.2. The van der Waals surface area contributed by atoms with Crippen molar-refractivity contribution in [1.29, 1.82) is 0 Å². The Hall–Kier alpha value is -1.17. The topological polar surface area (TPSA) is 46.2 Å². The first-order valence-corrected chi connectivity index (χ1v) is 8.04. The fourth-order valence-corrected chi connectivity index (χ4v) is 3.79. The second-order valence-corrected chi connectivity index (χ2v) is 7.04. The van der Waals surface area contributed by atoms with Gasteiger partial charge in [-0.2, -0.15) is 0 Å². The summed E-state index contributed by atoms with van der Waals surface area (Å²) in [6.07, 6.45) is 0. The summed E-state index contributed by atoms with van der Waals surface area (Å²) in [5.74, 6) is 0.154. The number of nitrogens with one attached hydrogen (secondary N) is 1. The number of thiophene rings is 1. The zero-order valence-electron chi connectivity index (χ0n) is 10.0. The summed E-state index contributed by atoms with van der Waals surface area (Å²) in [6, 6.07) is 13.2. The lowest BCUT2D eigenvalue weighted by molar-refractivity contribution is 0.577. The van der Waals surface area contributed by atoms with Crippen LogP contribution < -0.4 is 4.72 Å². The average Bonchev–Trinajstić information content (AvgIpc) is 2.92. The molecule has 3 nitrogen and oxygen atoms in total. The van der Waals surface area contributed by atoms with E-state index in [4.69, 9.17) is 0 Å². The molecule has 0 saturated heterocycles. The third-order valence-electron chi connectivity index (χ3n) is 2.71. The maximum Gasteiger partial charge on any atom is 0.250 e. The van der Waals surface area contributed by atoms with Crippen LogP contribution in [0.5, 0.6) is 0 Å². The molecule has 5 heteroatoms. The zero-order chi connectivity index (χ0) is 13.0. The number of rotatable bonds is 5. The summed E-state index contributed by atoms with van der Waals surface area (Å²) in [7, 11) is -3.35. The maximum atomic E-state index is 11.9. The zero-order valence-corrected chi connectivity index (χ0v) is 11.7. The Labute approximate surface area is 112 Å². The average molecular weight is 281 g/mol. The predicted molar refractivity (Wildman–Crippen MR) is 74.4 cm³/mol. The van der Waals surface area contributed by atoms with Crippen molar-refractivity contribution in [2.45, 2.75) is 17.1 Å². The van der Waals surface area contributed by atoms with Gasteiger partial charge in [-0.25, -0.2) is 13.1 Å². The van der Waals surface area contributed by atoms with Gasteiger partial charge in [-0.15, -0.1) is 11.3 Å². The molecule has 96 valence electrons. The van der Waals surface area contributed by atoms with E-state index in [1.165, 1.54) is 11.3 Å². The van der Waals surface area contributed by atoms with Gasteiger partial charge in [-0.05, 0) is 22.9 Å². The summed E-state index contributed by atoms with van der Waals surface area (Å²) in [6.45, 7) is 2.41. The summed E-state index contributed by atoms with van der Waals surface area (Å²) in [5, 5.41) is 1.76. The van der Waals surface area contributed by atoms with Gasteiger partial charge in [0, 0.05) is 6.54 Å². The summed E-state index contributed by atoms with van der Waals surface area (Å²) >= 11 is 1.23. The molecule has 0 aliphatic rings. The van der Waals surface area contributed by atoms with E-state index >= 15 is 0 Å². The van der Waals surface area contributed by atoms with Crippen molar-refractivity contribution >= 4 is 21.4 Å². The van der Waals surface area contributed by atoms with Gasteiger partial charge in [0.1, 0.15) is 4.21 Å². The number of sulfonamides is 1. The van der Waals surface area contributed by atoms with Gasteiger partial charge >= 0.3 is 0 Å². The highest BCUT2D eigenvalue weighted by Crippen LogP contribution is 2.17. The molecular weight excluding hydrogens is 266 g/mol. The van der Waals surface area contributed by atoms with Crippen LogP contribution in [0.25, 0.3) is 0 Å². The first-order chi connectivity index (χ1) is 8.59. The lowest BCUT2D eigenvalue weighted by Crippen LogP contribution is -2.27. The second-order valence-electron chi connectivity index (χ2n) is 4.10. The molecule has 18 heavy (non-hydrogen) atoms. The molecule has 0 unspecified atom stereocenters. The van der Waals surface area contributed by atoms with Gasteiger partial charge in [0.2, 0.25) is 10.0 Å². The number of benzene rings is 1. The standard InChI is InChI=1S/C13H15NO2S2/c1-11(12-6-3-2-4-7-12)10-14-18(15,16)13-8-5-9-17-13/h2-9,11,14H,10H2,1H3/t11-/m0/s1. The van der Waals surface area contributed by atoms with Crippen molar-refractivity contribution in [3.05, 3.63) is 53.4 Å². The van der Waals surface area contributed by atoms with E-state index in [9.17, 15) is 8.42 Å². The molecule has 1 aromatic heterocycles. The summed E-state index contributed by atoms with van der Waals surface area (Å²) in [5.41, 5.74) is 1.13. The molecule has 0 saturated carbocycles. The summed E-state index contributed by atoms with van der Waals surface area (Å²) < 4.78 is 26.9. The highest BCUT2D eigenvalue weighted by Gasteiger charge is 2.16. The second kappa shape index (κ2) is 5.65. The molecule has 0 spiro atoms. The molecule has 0 bridgehead atoms. The molecule has 0 aliphatic carbocycles. The minimum atomic E-state index is -3.35. The molecule has 1 heterocycles. The van der Waals surface area contributed by atoms with E-state index in [0.29, 0.717) is 10.8 Å². The van der Waals surface area contributed by atoms with Crippen molar-refractivity contribution < 1.29 is 8.42 Å². The number of hydrogen-bond acceptors (Lipinski definition) is 3. The smallest absolute Gasteiger partial charge is 0.210 e. The molecular formula is C13H15NO2S2. The van der Waals surface area contributed by atoms with Gasteiger partial charge in [-0.1, -0.05) is 43.3 Å². The summed E-state index contributed by atoms with van der Waals surface area (Å²) in [4.78, 5) is 0. The van der Waals surface area contributed by atoms with Crippen LogP contribution in [0.4, 0.5) is 0 Å². The van der Waals surface area contributed by atoms with E-state index < -0.39 is 10.0 Å². The molecule has 0 aliphatic heterocycles. The molecule has 0 fully saturated rings. The van der Waals surface area contributed by atoms with Crippen molar-refractivity contribution in [3.63, 3.8) is 0 Å². The van der Waals surface area contributed by atoms with E-state index in [2.05, 4.69) is 4.72 Å². The van der Waals surface area contributed by atoms with E-state index in [1.54, 1.807) is 17.5 Å².